The standard InChI is InChI=1S/C20H13ClN2O4S/c1-10-3-2-4-14-16(10)22-18(27-14)17(24)23-19-15(20(25)26)13(9-28-19)11-5-7-12(21)8-6-11/h2-9H,1H3,(H,23,24)(H,25,26). The normalized spacial score (nSPS) is 10.9. The van der Waals surface area contributed by atoms with Gasteiger partial charge in [0.2, 0.25) is 0 Å². The van der Waals surface area contributed by atoms with Crippen molar-refractivity contribution in [2.45, 2.75) is 6.92 Å². The van der Waals surface area contributed by atoms with Gasteiger partial charge in [-0.15, -0.1) is 11.3 Å². The Labute approximate surface area is 168 Å². The van der Waals surface area contributed by atoms with Gasteiger partial charge in [0.15, 0.2) is 5.58 Å². The molecule has 140 valence electrons. The number of hydrogen-bond acceptors (Lipinski definition) is 5. The van der Waals surface area contributed by atoms with E-state index in [-0.39, 0.29) is 16.5 Å². The molecule has 0 bridgehead atoms. The van der Waals surface area contributed by atoms with E-state index in [1.54, 1.807) is 35.7 Å². The maximum Gasteiger partial charge on any atom is 0.339 e. The number of benzene rings is 2. The summed E-state index contributed by atoms with van der Waals surface area (Å²) in [6, 6.07) is 12.2. The quantitative estimate of drug-likeness (QED) is 0.463. The number of carbonyl (C=O) groups is 2. The summed E-state index contributed by atoms with van der Waals surface area (Å²) in [5.41, 5.74) is 3.17. The lowest BCUT2D eigenvalue weighted by Gasteiger charge is -2.04. The van der Waals surface area contributed by atoms with Crippen LogP contribution in [-0.4, -0.2) is 22.0 Å². The summed E-state index contributed by atoms with van der Waals surface area (Å²) >= 11 is 7.02. The van der Waals surface area contributed by atoms with E-state index in [1.165, 1.54) is 0 Å². The largest absolute Gasteiger partial charge is 0.478 e. The number of anilines is 1. The van der Waals surface area contributed by atoms with Gasteiger partial charge in [0.25, 0.3) is 5.89 Å². The Kier molecular flexibility index (Phi) is 4.62. The molecule has 0 spiro atoms. The van der Waals surface area contributed by atoms with Gasteiger partial charge in [-0.05, 0) is 36.2 Å². The Hall–Kier alpha value is -3.16. The predicted octanol–water partition coefficient (Wildman–Crippen LogP) is 5.47. The zero-order chi connectivity index (χ0) is 19.8. The Morgan fingerprint density at radius 1 is 1.18 bits per heavy atom. The fourth-order valence-electron chi connectivity index (χ4n) is 2.84. The second kappa shape index (κ2) is 7.10. The smallest absolute Gasteiger partial charge is 0.339 e. The van der Waals surface area contributed by atoms with Gasteiger partial charge in [0.1, 0.15) is 16.1 Å². The minimum Gasteiger partial charge on any atom is -0.478 e. The van der Waals surface area contributed by atoms with E-state index in [0.717, 1.165) is 16.9 Å². The van der Waals surface area contributed by atoms with Crippen molar-refractivity contribution in [1.29, 1.82) is 0 Å². The van der Waals surface area contributed by atoms with Crippen molar-refractivity contribution in [2.24, 2.45) is 0 Å². The van der Waals surface area contributed by atoms with Crippen molar-refractivity contribution in [3.05, 3.63) is 69.9 Å². The highest BCUT2D eigenvalue weighted by atomic mass is 35.5. The lowest BCUT2D eigenvalue weighted by Crippen LogP contribution is -2.13. The van der Waals surface area contributed by atoms with Crippen LogP contribution in [0.4, 0.5) is 5.00 Å². The van der Waals surface area contributed by atoms with E-state index >= 15 is 0 Å². The van der Waals surface area contributed by atoms with Crippen LogP contribution in [0.25, 0.3) is 22.2 Å². The molecule has 0 aliphatic heterocycles. The van der Waals surface area contributed by atoms with Crippen molar-refractivity contribution in [3.63, 3.8) is 0 Å². The van der Waals surface area contributed by atoms with Crippen LogP contribution in [0.3, 0.4) is 0 Å². The minimum atomic E-state index is -1.14. The first-order chi connectivity index (χ1) is 13.4. The minimum absolute atomic E-state index is 0.00737. The Balaban J connectivity index is 1.69. The number of hydrogen-bond donors (Lipinski definition) is 2. The highest BCUT2D eigenvalue weighted by molar-refractivity contribution is 7.15. The van der Waals surface area contributed by atoms with Crippen LogP contribution < -0.4 is 5.32 Å². The number of nitrogens with one attached hydrogen (secondary N) is 1. The van der Waals surface area contributed by atoms with Gasteiger partial charge in [-0.25, -0.2) is 9.78 Å². The van der Waals surface area contributed by atoms with Crippen LogP contribution in [0.2, 0.25) is 5.02 Å². The molecule has 2 heterocycles. The van der Waals surface area contributed by atoms with Crippen LogP contribution in [-0.2, 0) is 0 Å². The van der Waals surface area contributed by atoms with Crippen LogP contribution in [0.1, 0.15) is 26.6 Å². The number of oxazole rings is 1. The molecule has 1 amide bonds. The zero-order valence-electron chi connectivity index (χ0n) is 14.5. The summed E-state index contributed by atoms with van der Waals surface area (Å²) in [4.78, 5) is 28.6. The van der Waals surface area contributed by atoms with Gasteiger partial charge in [-0.3, -0.25) is 4.79 Å². The van der Waals surface area contributed by atoms with Crippen molar-refractivity contribution in [3.8, 4) is 11.1 Å². The second-order valence-corrected chi connectivity index (χ2v) is 7.38. The first kappa shape index (κ1) is 18.2. The molecular weight excluding hydrogens is 400 g/mol. The molecule has 4 aromatic rings. The number of para-hydroxylation sites is 1. The van der Waals surface area contributed by atoms with Crippen LogP contribution in [0.15, 0.2) is 52.3 Å². The number of thiophene rings is 1. The number of halogens is 1. The van der Waals surface area contributed by atoms with Crippen molar-refractivity contribution < 1.29 is 19.1 Å². The van der Waals surface area contributed by atoms with Gasteiger partial charge in [0, 0.05) is 16.0 Å². The lowest BCUT2D eigenvalue weighted by atomic mass is 10.0. The van der Waals surface area contributed by atoms with E-state index < -0.39 is 11.9 Å². The van der Waals surface area contributed by atoms with Gasteiger partial charge >= 0.3 is 11.9 Å². The molecule has 6 nitrogen and oxygen atoms in total. The molecule has 2 aromatic carbocycles. The second-order valence-electron chi connectivity index (χ2n) is 6.06. The number of aryl methyl sites for hydroxylation is 1. The zero-order valence-corrected chi connectivity index (χ0v) is 16.1. The summed E-state index contributed by atoms with van der Waals surface area (Å²) in [5.74, 6) is -1.88. The number of carboxylic acid groups (broad SMARTS) is 1. The predicted molar refractivity (Wildman–Crippen MR) is 108 cm³/mol. The molecule has 28 heavy (non-hydrogen) atoms. The molecule has 4 rings (SSSR count). The molecule has 0 unspecified atom stereocenters. The summed E-state index contributed by atoms with van der Waals surface area (Å²) in [7, 11) is 0. The highest BCUT2D eigenvalue weighted by Gasteiger charge is 2.23. The fourth-order valence-corrected chi connectivity index (χ4v) is 3.93. The molecule has 0 fully saturated rings. The SMILES string of the molecule is Cc1cccc2oc(C(=O)Nc3scc(-c4ccc(Cl)cc4)c3C(=O)O)nc12. The number of rotatable bonds is 4. The number of aromatic nitrogens is 1. The number of aromatic carboxylic acids is 1. The van der Waals surface area contributed by atoms with Gasteiger partial charge < -0.3 is 14.8 Å². The number of amides is 1. The molecule has 0 aliphatic rings. The van der Waals surface area contributed by atoms with Gasteiger partial charge in [-0.1, -0.05) is 35.9 Å². The van der Waals surface area contributed by atoms with Gasteiger partial charge in [-0.2, -0.15) is 0 Å². The van der Waals surface area contributed by atoms with Crippen LogP contribution in [0.5, 0.6) is 0 Å². The van der Waals surface area contributed by atoms with Crippen molar-refractivity contribution >= 4 is 50.9 Å². The van der Waals surface area contributed by atoms with E-state index in [4.69, 9.17) is 16.0 Å². The Morgan fingerprint density at radius 2 is 1.93 bits per heavy atom. The monoisotopic (exact) mass is 412 g/mol. The number of carbonyl (C=O) groups excluding carboxylic acids is 1. The third-order valence-electron chi connectivity index (χ3n) is 4.20. The molecular formula is C20H13ClN2O4S. The topological polar surface area (TPSA) is 92.4 Å². The van der Waals surface area contributed by atoms with Crippen LogP contribution >= 0.6 is 22.9 Å². The molecule has 0 atom stereocenters. The average Bonchev–Trinajstić information content (AvgIpc) is 3.27. The fraction of sp³-hybridized carbons (Fsp3) is 0.0500. The first-order valence-corrected chi connectivity index (χ1v) is 9.48. The van der Waals surface area contributed by atoms with E-state index in [1.807, 2.05) is 19.1 Å². The number of carboxylic acids is 1. The van der Waals surface area contributed by atoms with E-state index in [0.29, 0.717) is 27.2 Å². The summed E-state index contributed by atoms with van der Waals surface area (Å²) in [6.45, 7) is 1.87. The Morgan fingerprint density at radius 3 is 2.61 bits per heavy atom. The van der Waals surface area contributed by atoms with Crippen molar-refractivity contribution in [2.75, 3.05) is 5.32 Å². The van der Waals surface area contributed by atoms with E-state index in [9.17, 15) is 14.7 Å². The first-order valence-electron chi connectivity index (χ1n) is 8.22. The third-order valence-corrected chi connectivity index (χ3v) is 5.35. The maximum absolute atomic E-state index is 12.6. The summed E-state index contributed by atoms with van der Waals surface area (Å²) in [6.07, 6.45) is 0. The number of nitrogens with zero attached hydrogens (tertiary/aromatic N) is 1. The van der Waals surface area contributed by atoms with E-state index in [2.05, 4.69) is 10.3 Å². The highest BCUT2D eigenvalue weighted by Crippen LogP contribution is 2.36. The molecule has 0 aliphatic carbocycles. The molecule has 2 N–H and O–H groups in total. The number of fused-ring (bicyclic) bond motifs is 1. The molecule has 0 radical (unpaired) electrons. The average molecular weight is 413 g/mol. The maximum atomic E-state index is 12.6. The molecule has 0 saturated carbocycles. The summed E-state index contributed by atoms with van der Waals surface area (Å²) in [5, 5.41) is 14.7. The van der Waals surface area contributed by atoms with Crippen molar-refractivity contribution in [1.82, 2.24) is 4.98 Å². The van der Waals surface area contributed by atoms with Gasteiger partial charge in [0.05, 0.1) is 0 Å². The summed E-state index contributed by atoms with van der Waals surface area (Å²) < 4.78 is 5.51. The molecule has 0 saturated heterocycles. The Bertz CT molecular complexity index is 1210. The lowest BCUT2D eigenvalue weighted by molar-refractivity contribution is 0.0699. The van der Waals surface area contributed by atoms with Crippen LogP contribution in [0, 0.1) is 6.92 Å². The third kappa shape index (κ3) is 3.26. The molecule has 2 aromatic heterocycles. The molecule has 8 heteroatoms.